The maximum Gasteiger partial charge on any atom is 0.223 e. The van der Waals surface area contributed by atoms with E-state index in [2.05, 4.69) is 37.5 Å². The third kappa shape index (κ3) is 24.7. The Kier molecular flexibility index (Phi) is 30.1. The molecule has 4 nitrogen and oxygen atoms in total. The van der Waals surface area contributed by atoms with Gasteiger partial charge in [0.25, 0.3) is 0 Å². The number of nitrogens with zero attached hydrogens (tertiary/aromatic N) is 2. The fourth-order valence-electron chi connectivity index (χ4n) is 5.58. The number of hydrogen-bond donors (Lipinski definition) is 0. The van der Waals surface area contributed by atoms with Gasteiger partial charge in [0.05, 0.1) is 0 Å². The second-order valence-electron chi connectivity index (χ2n) is 12.3. The van der Waals surface area contributed by atoms with Gasteiger partial charge in [-0.1, -0.05) is 156 Å². The van der Waals surface area contributed by atoms with E-state index in [-0.39, 0.29) is 11.8 Å². The first-order valence-electron chi connectivity index (χ1n) is 18.2. The molecule has 0 aromatic heterocycles. The Morgan fingerprint density at radius 2 is 0.525 bits per heavy atom. The molecule has 2 amide bonds. The molecule has 0 saturated carbocycles. The molecule has 0 heterocycles. The van der Waals surface area contributed by atoms with Crippen molar-refractivity contribution in [2.45, 2.75) is 195 Å². The molecule has 0 saturated heterocycles. The molecular formula is C36H72N2O2. The fraction of sp³-hybridized carbons (Fsp3) is 0.944. The summed E-state index contributed by atoms with van der Waals surface area (Å²) in [5.74, 6) is 0.407. The standard InChI is InChI=1S/C36H72N2O2/c1-5-9-13-17-21-25-31-37(32-26-22-18-14-10-6-2)35(39)29-30-36(40)38(33-27-23-19-15-11-7-3)34-28-24-20-16-12-8-4/h5-34H2,1-4H3. The van der Waals surface area contributed by atoms with E-state index >= 15 is 0 Å². The predicted octanol–water partition coefficient (Wildman–Crippen LogP) is 10.9. The van der Waals surface area contributed by atoms with E-state index in [1.54, 1.807) is 0 Å². The Balaban J connectivity index is 4.76. The van der Waals surface area contributed by atoms with Crippen molar-refractivity contribution in [3.8, 4) is 0 Å². The van der Waals surface area contributed by atoms with Crippen molar-refractivity contribution in [1.29, 1.82) is 0 Å². The Bertz CT molecular complexity index is 471. The van der Waals surface area contributed by atoms with Gasteiger partial charge in [-0.3, -0.25) is 9.59 Å². The van der Waals surface area contributed by atoms with Crippen LogP contribution in [0.25, 0.3) is 0 Å². The Morgan fingerprint density at radius 1 is 0.325 bits per heavy atom. The highest BCUT2D eigenvalue weighted by Crippen LogP contribution is 2.13. The third-order valence-electron chi connectivity index (χ3n) is 8.38. The van der Waals surface area contributed by atoms with Crippen LogP contribution in [0.4, 0.5) is 0 Å². The predicted molar refractivity (Wildman–Crippen MR) is 176 cm³/mol. The second-order valence-corrected chi connectivity index (χ2v) is 12.3. The van der Waals surface area contributed by atoms with Gasteiger partial charge in [0.2, 0.25) is 11.8 Å². The van der Waals surface area contributed by atoms with Crippen LogP contribution in [0.3, 0.4) is 0 Å². The molecule has 0 spiro atoms. The fourth-order valence-corrected chi connectivity index (χ4v) is 5.58. The minimum atomic E-state index is 0.203. The van der Waals surface area contributed by atoms with Gasteiger partial charge < -0.3 is 9.80 Å². The zero-order valence-electron chi connectivity index (χ0n) is 27.9. The van der Waals surface area contributed by atoms with Crippen molar-refractivity contribution in [3.05, 3.63) is 0 Å². The first-order chi connectivity index (χ1) is 19.6. The molecule has 0 aromatic rings. The number of amides is 2. The van der Waals surface area contributed by atoms with Crippen molar-refractivity contribution in [1.82, 2.24) is 9.80 Å². The summed E-state index contributed by atoms with van der Waals surface area (Å²) in [6, 6.07) is 0. The minimum absolute atomic E-state index is 0.203. The summed E-state index contributed by atoms with van der Waals surface area (Å²) in [4.78, 5) is 30.8. The van der Waals surface area contributed by atoms with Gasteiger partial charge in [0.15, 0.2) is 0 Å². The third-order valence-corrected chi connectivity index (χ3v) is 8.38. The molecule has 0 rings (SSSR count). The van der Waals surface area contributed by atoms with E-state index in [0.29, 0.717) is 12.8 Å². The molecule has 0 aliphatic carbocycles. The van der Waals surface area contributed by atoms with Gasteiger partial charge in [-0.15, -0.1) is 0 Å². The highest BCUT2D eigenvalue weighted by molar-refractivity contribution is 5.83. The van der Waals surface area contributed by atoms with Crippen LogP contribution in [-0.4, -0.2) is 47.8 Å². The lowest BCUT2D eigenvalue weighted by Gasteiger charge is -2.25. The Morgan fingerprint density at radius 3 is 0.750 bits per heavy atom. The van der Waals surface area contributed by atoms with Crippen molar-refractivity contribution >= 4 is 11.8 Å². The van der Waals surface area contributed by atoms with E-state index in [1.807, 2.05) is 0 Å². The summed E-state index contributed by atoms with van der Waals surface area (Å²) in [5.41, 5.74) is 0. The zero-order chi connectivity index (χ0) is 29.5. The van der Waals surface area contributed by atoms with Gasteiger partial charge in [-0.2, -0.15) is 0 Å². The van der Waals surface area contributed by atoms with E-state index in [1.165, 1.54) is 128 Å². The average Bonchev–Trinajstić information content (AvgIpc) is 2.96. The number of carbonyl (C=O) groups excluding carboxylic acids is 2. The molecule has 4 heteroatoms. The smallest absolute Gasteiger partial charge is 0.223 e. The Hall–Kier alpha value is -1.06. The lowest BCUT2D eigenvalue weighted by Crippen LogP contribution is -2.36. The zero-order valence-corrected chi connectivity index (χ0v) is 27.9. The van der Waals surface area contributed by atoms with E-state index < -0.39 is 0 Å². The van der Waals surface area contributed by atoms with Crippen LogP contribution in [0.5, 0.6) is 0 Å². The summed E-state index contributed by atoms with van der Waals surface area (Å²) in [7, 11) is 0. The van der Waals surface area contributed by atoms with Gasteiger partial charge in [0.1, 0.15) is 0 Å². The topological polar surface area (TPSA) is 40.6 Å². The molecule has 238 valence electrons. The molecular weight excluding hydrogens is 492 g/mol. The molecule has 0 radical (unpaired) electrons. The van der Waals surface area contributed by atoms with E-state index in [4.69, 9.17) is 0 Å². The summed E-state index contributed by atoms with van der Waals surface area (Å²) >= 11 is 0. The minimum Gasteiger partial charge on any atom is -0.343 e. The maximum atomic E-state index is 13.3. The van der Waals surface area contributed by atoms with Crippen molar-refractivity contribution in [3.63, 3.8) is 0 Å². The first kappa shape index (κ1) is 38.9. The molecule has 0 aromatic carbocycles. The van der Waals surface area contributed by atoms with Crippen LogP contribution in [0, 0.1) is 0 Å². The molecule has 0 N–H and O–H groups in total. The largest absolute Gasteiger partial charge is 0.343 e. The number of hydrogen-bond acceptors (Lipinski definition) is 2. The van der Waals surface area contributed by atoms with Gasteiger partial charge in [-0.25, -0.2) is 0 Å². The van der Waals surface area contributed by atoms with Crippen LogP contribution >= 0.6 is 0 Å². The second kappa shape index (κ2) is 30.9. The van der Waals surface area contributed by atoms with Crippen LogP contribution in [-0.2, 0) is 9.59 Å². The van der Waals surface area contributed by atoms with Crippen LogP contribution in [0.2, 0.25) is 0 Å². The molecule has 0 unspecified atom stereocenters. The maximum absolute atomic E-state index is 13.3. The molecule has 40 heavy (non-hydrogen) atoms. The average molecular weight is 565 g/mol. The van der Waals surface area contributed by atoms with Crippen molar-refractivity contribution < 1.29 is 9.59 Å². The number of rotatable bonds is 31. The summed E-state index contributed by atoms with van der Waals surface area (Å²) in [6.45, 7) is 12.5. The summed E-state index contributed by atoms with van der Waals surface area (Å²) in [6.07, 6.45) is 30.7. The van der Waals surface area contributed by atoms with Gasteiger partial charge >= 0.3 is 0 Å². The van der Waals surface area contributed by atoms with E-state index in [9.17, 15) is 9.59 Å². The molecule has 0 atom stereocenters. The van der Waals surface area contributed by atoms with Gasteiger partial charge in [0, 0.05) is 39.0 Å². The van der Waals surface area contributed by atoms with Crippen molar-refractivity contribution in [2.75, 3.05) is 26.2 Å². The highest BCUT2D eigenvalue weighted by atomic mass is 16.2. The lowest BCUT2D eigenvalue weighted by molar-refractivity contribution is -0.137. The monoisotopic (exact) mass is 565 g/mol. The first-order valence-corrected chi connectivity index (χ1v) is 18.2. The normalized spacial score (nSPS) is 11.2. The van der Waals surface area contributed by atoms with Gasteiger partial charge in [-0.05, 0) is 25.7 Å². The Labute approximate surface area is 251 Å². The van der Waals surface area contributed by atoms with Crippen LogP contribution in [0.15, 0.2) is 0 Å². The molecule has 0 aliphatic rings. The number of carbonyl (C=O) groups is 2. The highest BCUT2D eigenvalue weighted by Gasteiger charge is 2.18. The molecule has 0 fully saturated rings. The lowest BCUT2D eigenvalue weighted by atomic mass is 10.1. The van der Waals surface area contributed by atoms with Crippen LogP contribution in [0.1, 0.15) is 195 Å². The van der Waals surface area contributed by atoms with Crippen LogP contribution < -0.4 is 0 Å². The van der Waals surface area contributed by atoms with Crippen molar-refractivity contribution in [2.24, 2.45) is 0 Å². The molecule has 0 bridgehead atoms. The SMILES string of the molecule is CCCCCCCCN(CCCCCCCC)C(=O)CCC(=O)N(CCCCCCCC)CCCCCCCC. The van der Waals surface area contributed by atoms with E-state index in [0.717, 1.165) is 51.9 Å². The molecule has 0 aliphatic heterocycles. The summed E-state index contributed by atoms with van der Waals surface area (Å²) in [5, 5.41) is 0. The number of unbranched alkanes of at least 4 members (excludes halogenated alkanes) is 20. The summed E-state index contributed by atoms with van der Waals surface area (Å²) < 4.78 is 0. The quantitative estimate of drug-likeness (QED) is 0.0786.